The minimum absolute atomic E-state index is 0.159. The third-order valence-corrected chi connectivity index (χ3v) is 2.17. The Morgan fingerprint density at radius 1 is 1.33 bits per heavy atom. The van der Waals surface area contributed by atoms with Crippen molar-refractivity contribution >= 4 is 17.5 Å². The molecule has 0 heterocycles. The molecule has 0 aromatic heterocycles. The molecule has 0 aliphatic heterocycles. The van der Waals surface area contributed by atoms with E-state index in [1.54, 1.807) is 6.07 Å². The van der Waals surface area contributed by atoms with Crippen molar-refractivity contribution in [3.8, 4) is 6.07 Å². The van der Waals surface area contributed by atoms with Crippen LogP contribution in [-0.4, -0.2) is 11.8 Å². The third-order valence-electron chi connectivity index (χ3n) is 2.17. The molecular formula is C13H13N3O2. The van der Waals surface area contributed by atoms with Crippen LogP contribution >= 0.6 is 0 Å². The van der Waals surface area contributed by atoms with Gasteiger partial charge < -0.3 is 5.32 Å². The summed E-state index contributed by atoms with van der Waals surface area (Å²) in [5.41, 5.74) is 1.62. The molecule has 5 heteroatoms. The monoisotopic (exact) mass is 243 g/mol. The minimum Gasteiger partial charge on any atom is -0.360 e. The average molecular weight is 243 g/mol. The van der Waals surface area contributed by atoms with E-state index in [4.69, 9.17) is 5.26 Å². The van der Waals surface area contributed by atoms with Gasteiger partial charge in [0.2, 0.25) is 5.91 Å². The lowest BCUT2D eigenvalue weighted by molar-refractivity contribution is -0.126. The number of carbonyl (C=O) groups excluding carboxylic acids is 2. The van der Waals surface area contributed by atoms with E-state index in [0.29, 0.717) is 0 Å². The number of nitriles is 1. The van der Waals surface area contributed by atoms with Gasteiger partial charge in [-0.1, -0.05) is 18.2 Å². The molecule has 0 unspecified atom stereocenters. The first-order valence-corrected chi connectivity index (χ1v) is 5.29. The molecule has 0 bridgehead atoms. The maximum atomic E-state index is 11.4. The maximum absolute atomic E-state index is 11.4. The van der Waals surface area contributed by atoms with Crippen LogP contribution in [0.1, 0.15) is 12.5 Å². The number of hydrogen-bond acceptors (Lipinski definition) is 4. The Hall–Kier alpha value is -2.61. The van der Waals surface area contributed by atoms with Gasteiger partial charge >= 0.3 is 0 Å². The summed E-state index contributed by atoms with van der Waals surface area (Å²) in [6.07, 6.45) is 1.28. The van der Waals surface area contributed by atoms with Crippen molar-refractivity contribution < 1.29 is 9.59 Å². The van der Waals surface area contributed by atoms with Crippen LogP contribution in [0.5, 0.6) is 0 Å². The van der Waals surface area contributed by atoms with Gasteiger partial charge in [0, 0.05) is 18.8 Å². The molecule has 0 aliphatic rings. The molecule has 2 amide bonds. The van der Waals surface area contributed by atoms with Gasteiger partial charge in [0.05, 0.1) is 0 Å². The molecule has 0 saturated heterocycles. The second-order valence-electron chi connectivity index (χ2n) is 3.64. The Morgan fingerprint density at radius 3 is 2.56 bits per heavy atom. The van der Waals surface area contributed by atoms with E-state index in [2.05, 4.69) is 5.32 Å². The van der Waals surface area contributed by atoms with Gasteiger partial charge in [-0.15, -0.1) is 0 Å². The van der Waals surface area contributed by atoms with Crippen molar-refractivity contribution in [1.29, 1.82) is 5.26 Å². The van der Waals surface area contributed by atoms with Crippen molar-refractivity contribution in [2.75, 3.05) is 5.32 Å². The first-order valence-electron chi connectivity index (χ1n) is 5.29. The zero-order valence-electron chi connectivity index (χ0n) is 10.2. The highest BCUT2D eigenvalue weighted by atomic mass is 16.2. The summed E-state index contributed by atoms with van der Waals surface area (Å²) in [6.45, 7) is 3.11. The number of imide groups is 1. The molecule has 92 valence electrons. The number of anilines is 1. The van der Waals surface area contributed by atoms with Crippen LogP contribution in [0.3, 0.4) is 0 Å². The Labute approximate surface area is 105 Å². The summed E-state index contributed by atoms with van der Waals surface area (Å²) in [7, 11) is 0. The molecule has 5 nitrogen and oxygen atoms in total. The molecule has 0 aliphatic carbocycles. The van der Waals surface area contributed by atoms with Crippen LogP contribution in [0.25, 0.3) is 0 Å². The molecular weight excluding hydrogens is 230 g/mol. The lowest BCUT2D eigenvalue weighted by Crippen LogP contribution is -2.29. The highest BCUT2D eigenvalue weighted by Crippen LogP contribution is 2.13. The number of nitrogens with zero attached hydrogens (tertiary/aromatic N) is 1. The molecule has 0 atom stereocenters. The number of nitrogens with one attached hydrogen (secondary N) is 2. The molecule has 0 fully saturated rings. The van der Waals surface area contributed by atoms with Gasteiger partial charge in [-0.3, -0.25) is 14.9 Å². The molecule has 1 aromatic rings. The van der Waals surface area contributed by atoms with Crippen LogP contribution in [0.2, 0.25) is 0 Å². The molecule has 0 radical (unpaired) electrons. The molecule has 0 spiro atoms. The topological polar surface area (TPSA) is 82.0 Å². The van der Waals surface area contributed by atoms with E-state index < -0.39 is 11.8 Å². The van der Waals surface area contributed by atoms with Gasteiger partial charge in [0.15, 0.2) is 0 Å². The summed E-state index contributed by atoms with van der Waals surface area (Å²) in [5, 5.41) is 13.7. The smallest absolute Gasteiger partial charge is 0.269 e. The Morgan fingerprint density at radius 2 is 2.00 bits per heavy atom. The van der Waals surface area contributed by atoms with Gasteiger partial charge in [-0.05, 0) is 18.6 Å². The standard InChI is InChI=1S/C13H13N3O2/c1-9-5-3-4-6-12(9)15-8-11(7-14)13(18)16-10(2)17/h3-6,8,15H,1-2H3,(H,16,17,18)/b11-8-. The molecule has 2 N–H and O–H groups in total. The second kappa shape index (κ2) is 6.21. The Kier molecular flexibility index (Phi) is 4.64. The molecule has 1 rings (SSSR count). The van der Waals surface area contributed by atoms with Crippen LogP contribution in [0, 0.1) is 18.3 Å². The number of para-hydroxylation sites is 1. The highest BCUT2D eigenvalue weighted by molar-refractivity contribution is 6.06. The molecule has 1 aromatic carbocycles. The first-order chi connectivity index (χ1) is 8.54. The third kappa shape index (κ3) is 3.76. The summed E-state index contributed by atoms with van der Waals surface area (Å²) in [5.74, 6) is -1.22. The SMILES string of the molecule is CC(=O)NC(=O)/C(C#N)=C\Nc1ccccc1C. The van der Waals surface area contributed by atoms with Crippen LogP contribution < -0.4 is 10.6 Å². The van der Waals surface area contributed by atoms with Crippen LogP contribution in [0.15, 0.2) is 36.0 Å². The second-order valence-corrected chi connectivity index (χ2v) is 3.64. The lowest BCUT2D eigenvalue weighted by Gasteiger charge is -2.05. The van der Waals surface area contributed by atoms with Crippen LogP contribution in [0.4, 0.5) is 5.69 Å². The molecule has 0 saturated carbocycles. The largest absolute Gasteiger partial charge is 0.360 e. The van der Waals surface area contributed by atoms with Crippen LogP contribution in [-0.2, 0) is 9.59 Å². The zero-order chi connectivity index (χ0) is 13.5. The van der Waals surface area contributed by atoms with Crippen molar-refractivity contribution in [2.45, 2.75) is 13.8 Å². The average Bonchev–Trinajstić information content (AvgIpc) is 2.31. The van der Waals surface area contributed by atoms with Crippen molar-refractivity contribution in [1.82, 2.24) is 5.32 Å². The van der Waals surface area contributed by atoms with Gasteiger partial charge in [0.1, 0.15) is 11.6 Å². The van der Waals surface area contributed by atoms with E-state index in [-0.39, 0.29) is 5.57 Å². The summed E-state index contributed by atoms with van der Waals surface area (Å²) < 4.78 is 0. The van der Waals surface area contributed by atoms with E-state index in [1.165, 1.54) is 13.1 Å². The highest BCUT2D eigenvalue weighted by Gasteiger charge is 2.09. The minimum atomic E-state index is -0.717. The number of benzene rings is 1. The number of rotatable bonds is 3. The van der Waals surface area contributed by atoms with E-state index in [0.717, 1.165) is 11.3 Å². The number of amides is 2. The fourth-order valence-electron chi connectivity index (χ4n) is 1.26. The normalized spacial score (nSPS) is 10.4. The zero-order valence-corrected chi connectivity index (χ0v) is 10.2. The summed E-state index contributed by atoms with van der Waals surface area (Å²) >= 11 is 0. The predicted octanol–water partition coefficient (Wildman–Crippen LogP) is 1.48. The van der Waals surface area contributed by atoms with Gasteiger partial charge in [0.25, 0.3) is 5.91 Å². The quantitative estimate of drug-likeness (QED) is 0.622. The van der Waals surface area contributed by atoms with Gasteiger partial charge in [-0.25, -0.2) is 0 Å². The first kappa shape index (κ1) is 13.5. The van der Waals surface area contributed by atoms with Crippen molar-refractivity contribution in [3.63, 3.8) is 0 Å². The van der Waals surface area contributed by atoms with E-state index in [9.17, 15) is 9.59 Å². The fraction of sp³-hybridized carbons (Fsp3) is 0.154. The fourth-order valence-corrected chi connectivity index (χ4v) is 1.26. The van der Waals surface area contributed by atoms with Gasteiger partial charge in [-0.2, -0.15) is 5.26 Å². The number of aryl methyl sites for hydroxylation is 1. The van der Waals surface area contributed by atoms with E-state index >= 15 is 0 Å². The number of hydrogen-bond donors (Lipinski definition) is 2. The Bertz CT molecular complexity index is 541. The molecule has 18 heavy (non-hydrogen) atoms. The van der Waals surface area contributed by atoms with Crippen molar-refractivity contribution in [2.24, 2.45) is 0 Å². The summed E-state index contributed by atoms with van der Waals surface area (Å²) in [6, 6.07) is 9.18. The predicted molar refractivity (Wildman–Crippen MR) is 67.3 cm³/mol. The van der Waals surface area contributed by atoms with E-state index in [1.807, 2.05) is 36.5 Å². The maximum Gasteiger partial charge on any atom is 0.269 e. The Balaban J connectivity index is 2.82. The number of carbonyl (C=O) groups is 2. The summed E-state index contributed by atoms with van der Waals surface area (Å²) in [4.78, 5) is 22.1. The van der Waals surface area contributed by atoms with Crippen molar-refractivity contribution in [3.05, 3.63) is 41.6 Å². The lowest BCUT2D eigenvalue weighted by atomic mass is 10.2.